The first-order valence-corrected chi connectivity index (χ1v) is 7.13. The van der Waals surface area contributed by atoms with E-state index in [9.17, 15) is 4.79 Å². The summed E-state index contributed by atoms with van der Waals surface area (Å²) in [6, 6.07) is 5.88. The Balaban J connectivity index is 1.88. The molecule has 1 aliphatic heterocycles. The number of amides is 1. The lowest BCUT2D eigenvalue weighted by atomic mass is 10.1. The van der Waals surface area contributed by atoms with E-state index in [0.717, 1.165) is 30.8 Å². The van der Waals surface area contributed by atoms with Crippen LogP contribution in [0.15, 0.2) is 30.6 Å². The summed E-state index contributed by atoms with van der Waals surface area (Å²) in [6.07, 6.45) is 5.44. The number of nitrogens with zero attached hydrogens (tertiary/aromatic N) is 4. The summed E-state index contributed by atoms with van der Waals surface area (Å²) in [6.45, 7) is 0.784. The second kappa shape index (κ2) is 5.55. The van der Waals surface area contributed by atoms with Gasteiger partial charge in [-0.25, -0.2) is 4.98 Å². The molecule has 0 radical (unpaired) electrons. The fourth-order valence-electron chi connectivity index (χ4n) is 2.88. The first kappa shape index (κ1) is 13.6. The van der Waals surface area contributed by atoms with Crippen molar-refractivity contribution >= 4 is 11.7 Å². The summed E-state index contributed by atoms with van der Waals surface area (Å²) in [5, 5.41) is 7.13. The van der Waals surface area contributed by atoms with Crippen LogP contribution in [0.4, 0.5) is 5.82 Å². The minimum absolute atomic E-state index is 0.0420. The van der Waals surface area contributed by atoms with Crippen LogP contribution >= 0.6 is 0 Å². The maximum Gasteiger partial charge on any atom is 0.272 e. The molecule has 6 heteroatoms. The normalized spacial score (nSPS) is 18.0. The molecule has 0 saturated carbocycles. The van der Waals surface area contributed by atoms with Gasteiger partial charge in [0, 0.05) is 33.0 Å². The van der Waals surface area contributed by atoms with Gasteiger partial charge >= 0.3 is 0 Å². The van der Waals surface area contributed by atoms with Crippen molar-refractivity contribution in [1.82, 2.24) is 19.7 Å². The van der Waals surface area contributed by atoms with Crippen LogP contribution in [0.25, 0.3) is 0 Å². The number of carbonyl (C=O) groups excluding carboxylic acids is 1. The zero-order chi connectivity index (χ0) is 14.8. The van der Waals surface area contributed by atoms with Crippen molar-refractivity contribution in [2.45, 2.75) is 18.9 Å². The van der Waals surface area contributed by atoms with Gasteiger partial charge in [0.25, 0.3) is 5.91 Å². The molecule has 1 aliphatic rings. The molecule has 1 saturated heterocycles. The molecule has 0 aliphatic carbocycles. The Labute approximate surface area is 123 Å². The van der Waals surface area contributed by atoms with E-state index in [2.05, 4.69) is 15.4 Å². The molecule has 6 nitrogen and oxygen atoms in total. The van der Waals surface area contributed by atoms with E-state index in [1.165, 1.54) is 0 Å². The largest absolute Gasteiger partial charge is 0.373 e. The molecular formula is C15H19N5O. The first-order valence-electron chi connectivity index (χ1n) is 7.13. The minimum Gasteiger partial charge on any atom is -0.373 e. The molecule has 21 heavy (non-hydrogen) atoms. The Morgan fingerprint density at radius 1 is 1.38 bits per heavy atom. The average molecular weight is 285 g/mol. The van der Waals surface area contributed by atoms with E-state index in [1.54, 1.807) is 30.2 Å². The predicted octanol–water partition coefficient (Wildman–Crippen LogP) is 1.83. The van der Waals surface area contributed by atoms with E-state index in [-0.39, 0.29) is 11.9 Å². The van der Waals surface area contributed by atoms with Crippen LogP contribution in [0.5, 0.6) is 0 Å². The third kappa shape index (κ3) is 2.49. The fraction of sp³-hybridized carbons (Fsp3) is 0.400. The van der Waals surface area contributed by atoms with E-state index < -0.39 is 0 Å². The Bertz CT molecular complexity index is 651. The number of nitrogens with one attached hydrogen (secondary N) is 1. The smallest absolute Gasteiger partial charge is 0.272 e. The van der Waals surface area contributed by atoms with Gasteiger partial charge in [0.2, 0.25) is 0 Å². The van der Waals surface area contributed by atoms with Crippen molar-refractivity contribution in [2.75, 3.05) is 18.9 Å². The molecule has 1 atom stereocenters. The molecule has 1 fully saturated rings. The van der Waals surface area contributed by atoms with Gasteiger partial charge in [-0.05, 0) is 36.6 Å². The van der Waals surface area contributed by atoms with Gasteiger partial charge in [-0.3, -0.25) is 9.48 Å². The maximum absolute atomic E-state index is 12.7. The number of pyridine rings is 1. The van der Waals surface area contributed by atoms with Gasteiger partial charge < -0.3 is 10.2 Å². The highest BCUT2D eigenvalue weighted by Crippen LogP contribution is 2.33. The highest BCUT2D eigenvalue weighted by atomic mass is 16.2. The highest BCUT2D eigenvalue weighted by molar-refractivity contribution is 5.93. The molecule has 1 amide bonds. The van der Waals surface area contributed by atoms with Crippen LogP contribution in [-0.2, 0) is 7.05 Å². The predicted molar refractivity (Wildman–Crippen MR) is 80.0 cm³/mol. The highest BCUT2D eigenvalue weighted by Gasteiger charge is 2.31. The topological polar surface area (TPSA) is 63.1 Å². The minimum atomic E-state index is 0.0420. The zero-order valence-electron chi connectivity index (χ0n) is 12.3. The molecule has 0 bridgehead atoms. The number of aryl methyl sites for hydroxylation is 1. The molecule has 110 valence electrons. The van der Waals surface area contributed by atoms with E-state index in [4.69, 9.17) is 0 Å². The summed E-state index contributed by atoms with van der Waals surface area (Å²) >= 11 is 0. The van der Waals surface area contributed by atoms with Crippen LogP contribution in [0.1, 0.15) is 34.9 Å². The molecule has 2 aromatic heterocycles. The standard InChI is InChI=1S/C15H19N5O/c1-16-14-10-11(5-7-17-14)12-4-3-9-20(12)15(21)13-6-8-18-19(13)2/h5-8,10,12H,3-4,9H2,1-2H3,(H,16,17)/t12-/m0/s1. The molecule has 3 heterocycles. The number of hydrogen-bond donors (Lipinski definition) is 1. The lowest BCUT2D eigenvalue weighted by Gasteiger charge is -2.25. The summed E-state index contributed by atoms with van der Waals surface area (Å²) in [5.74, 6) is 0.868. The van der Waals surface area contributed by atoms with Crippen LogP contribution in [-0.4, -0.2) is 39.2 Å². The van der Waals surface area contributed by atoms with Gasteiger partial charge in [-0.1, -0.05) is 0 Å². The lowest BCUT2D eigenvalue weighted by molar-refractivity contribution is 0.0724. The molecule has 0 spiro atoms. The van der Waals surface area contributed by atoms with Crippen molar-refractivity contribution in [3.63, 3.8) is 0 Å². The number of likely N-dealkylation sites (tertiary alicyclic amines) is 1. The van der Waals surface area contributed by atoms with Crippen LogP contribution in [0, 0.1) is 0 Å². The summed E-state index contributed by atoms with van der Waals surface area (Å²) in [7, 11) is 3.64. The van der Waals surface area contributed by atoms with Crippen molar-refractivity contribution in [3.05, 3.63) is 41.9 Å². The van der Waals surface area contributed by atoms with Gasteiger partial charge in [0.15, 0.2) is 0 Å². The Morgan fingerprint density at radius 2 is 2.24 bits per heavy atom. The lowest BCUT2D eigenvalue weighted by Crippen LogP contribution is -2.32. The van der Waals surface area contributed by atoms with Crippen molar-refractivity contribution in [1.29, 1.82) is 0 Å². The number of anilines is 1. The third-order valence-corrected chi connectivity index (χ3v) is 3.98. The number of carbonyl (C=O) groups is 1. The Hall–Kier alpha value is -2.37. The average Bonchev–Trinajstić information content (AvgIpc) is 3.15. The molecule has 2 aromatic rings. The van der Waals surface area contributed by atoms with Crippen molar-refractivity contribution in [3.8, 4) is 0 Å². The molecule has 0 aromatic carbocycles. The number of aromatic nitrogens is 3. The van der Waals surface area contributed by atoms with Crippen LogP contribution in [0.3, 0.4) is 0 Å². The second-order valence-corrected chi connectivity index (χ2v) is 5.22. The molecule has 1 N–H and O–H groups in total. The van der Waals surface area contributed by atoms with Gasteiger partial charge in [-0.15, -0.1) is 0 Å². The van der Waals surface area contributed by atoms with E-state index in [1.807, 2.05) is 24.1 Å². The van der Waals surface area contributed by atoms with Crippen LogP contribution < -0.4 is 5.32 Å². The Morgan fingerprint density at radius 3 is 2.95 bits per heavy atom. The maximum atomic E-state index is 12.7. The van der Waals surface area contributed by atoms with Crippen molar-refractivity contribution < 1.29 is 4.79 Å². The molecular weight excluding hydrogens is 266 g/mol. The van der Waals surface area contributed by atoms with Gasteiger partial charge in [0.05, 0.1) is 6.04 Å². The number of hydrogen-bond acceptors (Lipinski definition) is 4. The molecule has 3 rings (SSSR count). The first-order chi connectivity index (χ1) is 10.2. The second-order valence-electron chi connectivity index (χ2n) is 5.22. The van der Waals surface area contributed by atoms with Crippen LogP contribution in [0.2, 0.25) is 0 Å². The van der Waals surface area contributed by atoms with E-state index in [0.29, 0.717) is 5.69 Å². The fourth-order valence-corrected chi connectivity index (χ4v) is 2.88. The summed E-state index contributed by atoms with van der Waals surface area (Å²) in [5.41, 5.74) is 1.76. The SMILES string of the molecule is CNc1cc([C@@H]2CCCN2C(=O)c2ccnn2C)ccn1. The van der Waals surface area contributed by atoms with E-state index >= 15 is 0 Å². The van der Waals surface area contributed by atoms with Gasteiger partial charge in [0.1, 0.15) is 11.5 Å². The summed E-state index contributed by atoms with van der Waals surface area (Å²) in [4.78, 5) is 18.9. The zero-order valence-corrected chi connectivity index (χ0v) is 12.3. The molecule has 0 unspecified atom stereocenters. The van der Waals surface area contributed by atoms with Crippen molar-refractivity contribution in [2.24, 2.45) is 7.05 Å². The Kier molecular flexibility index (Phi) is 3.60. The monoisotopic (exact) mass is 285 g/mol. The summed E-state index contributed by atoms with van der Waals surface area (Å²) < 4.78 is 1.63. The quantitative estimate of drug-likeness (QED) is 0.934. The third-order valence-electron chi connectivity index (χ3n) is 3.98. The van der Waals surface area contributed by atoms with Gasteiger partial charge in [-0.2, -0.15) is 5.10 Å². The number of rotatable bonds is 3.